The van der Waals surface area contributed by atoms with Gasteiger partial charge in [-0.1, -0.05) is 6.07 Å². The summed E-state index contributed by atoms with van der Waals surface area (Å²) in [7, 11) is -4.12. The second-order valence-electron chi connectivity index (χ2n) is 7.54. The fourth-order valence-electron chi connectivity index (χ4n) is 3.81. The number of sulfonamides is 1. The molecule has 1 saturated heterocycles. The number of rotatable bonds is 4. The zero-order chi connectivity index (χ0) is 21.0. The molecule has 0 amide bonds. The third-order valence-corrected chi connectivity index (χ3v) is 6.34. The van der Waals surface area contributed by atoms with E-state index in [1.165, 1.54) is 12.1 Å². The normalized spacial score (nSPS) is 15.0. The first-order valence-electron chi connectivity index (χ1n) is 9.46. The van der Waals surface area contributed by atoms with Crippen LogP contribution in [0.15, 0.2) is 41.4 Å². The summed E-state index contributed by atoms with van der Waals surface area (Å²) < 4.78 is 39.5. The second-order valence-corrected chi connectivity index (χ2v) is 9.07. The highest BCUT2D eigenvalue weighted by molar-refractivity contribution is 7.89. The van der Waals surface area contributed by atoms with Crippen LogP contribution in [-0.2, 0) is 16.6 Å². The van der Waals surface area contributed by atoms with Gasteiger partial charge in [0.1, 0.15) is 22.1 Å². The summed E-state index contributed by atoms with van der Waals surface area (Å²) in [6, 6.07) is 7.88. The molecule has 0 unspecified atom stereocenters. The van der Waals surface area contributed by atoms with Crippen molar-refractivity contribution in [2.75, 3.05) is 13.1 Å². The summed E-state index contributed by atoms with van der Waals surface area (Å²) in [6.07, 6.45) is 1.71. The molecule has 4 aromatic rings. The zero-order valence-corrected chi connectivity index (χ0v) is 16.9. The summed E-state index contributed by atoms with van der Waals surface area (Å²) in [5.74, 6) is 0.254. The van der Waals surface area contributed by atoms with Gasteiger partial charge in [0, 0.05) is 36.6 Å². The van der Waals surface area contributed by atoms with Crippen LogP contribution in [0.5, 0.6) is 0 Å². The maximum Gasteiger partial charge on any atom is 0.240 e. The molecule has 1 aromatic carbocycles. The molecule has 8 nitrogen and oxygen atoms in total. The van der Waals surface area contributed by atoms with Gasteiger partial charge in [-0.25, -0.2) is 32.9 Å². The third-order valence-electron chi connectivity index (χ3n) is 5.39. The van der Waals surface area contributed by atoms with Crippen molar-refractivity contribution in [2.45, 2.75) is 24.3 Å². The Morgan fingerprint density at radius 1 is 1.23 bits per heavy atom. The van der Waals surface area contributed by atoms with Crippen LogP contribution in [-0.4, -0.2) is 41.0 Å². The quantitative estimate of drug-likeness (QED) is 0.514. The highest BCUT2D eigenvalue weighted by Crippen LogP contribution is 2.30. The van der Waals surface area contributed by atoms with Gasteiger partial charge in [-0.05, 0) is 36.8 Å². The maximum atomic E-state index is 14.4. The molecule has 1 aliphatic heterocycles. The Hall–Kier alpha value is -2.95. The first-order chi connectivity index (χ1) is 14.3. The number of aryl methyl sites for hydroxylation is 1. The van der Waals surface area contributed by atoms with Gasteiger partial charge in [-0.15, -0.1) is 0 Å². The van der Waals surface area contributed by atoms with Gasteiger partial charge in [0.05, 0.1) is 11.7 Å². The van der Waals surface area contributed by atoms with Crippen LogP contribution < -0.4 is 10.5 Å². The number of hydrogen-bond donors (Lipinski definition) is 2. The Kier molecular flexibility index (Phi) is 4.31. The zero-order valence-electron chi connectivity index (χ0n) is 16.1. The van der Waals surface area contributed by atoms with Gasteiger partial charge < -0.3 is 9.88 Å². The molecule has 10 heteroatoms. The van der Waals surface area contributed by atoms with Gasteiger partial charge >= 0.3 is 0 Å². The summed E-state index contributed by atoms with van der Waals surface area (Å²) in [5, 5.41) is 9.20. The topological polar surface area (TPSA) is 116 Å². The summed E-state index contributed by atoms with van der Waals surface area (Å²) in [4.78, 5) is 13.2. The highest BCUT2D eigenvalue weighted by atomic mass is 32.2. The molecule has 5 rings (SSSR count). The number of nitrogens with two attached hydrogens (primary N) is 1. The molecular weight excluding hydrogens is 407 g/mol. The van der Waals surface area contributed by atoms with E-state index in [9.17, 15) is 12.8 Å². The second kappa shape index (κ2) is 6.79. The van der Waals surface area contributed by atoms with E-state index in [0.29, 0.717) is 17.8 Å². The number of nitrogens with one attached hydrogen (secondary N) is 1. The molecule has 0 bridgehead atoms. The molecule has 0 aliphatic carbocycles. The molecule has 1 aliphatic rings. The first kappa shape index (κ1) is 19.0. The minimum Gasteiger partial charge on any atom is -0.323 e. The van der Waals surface area contributed by atoms with E-state index in [0.717, 1.165) is 41.0 Å². The van der Waals surface area contributed by atoms with Crippen molar-refractivity contribution in [3.8, 4) is 0 Å². The van der Waals surface area contributed by atoms with E-state index < -0.39 is 20.7 Å². The lowest BCUT2D eigenvalue weighted by molar-refractivity contribution is 0.419. The monoisotopic (exact) mass is 426 g/mol. The van der Waals surface area contributed by atoms with Crippen molar-refractivity contribution in [1.29, 1.82) is 0 Å². The van der Waals surface area contributed by atoms with Crippen LogP contribution in [0.2, 0.25) is 0 Å². The van der Waals surface area contributed by atoms with Crippen molar-refractivity contribution in [1.82, 2.24) is 24.8 Å². The van der Waals surface area contributed by atoms with Crippen LogP contribution in [0.3, 0.4) is 0 Å². The van der Waals surface area contributed by atoms with Gasteiger partial charge in [0.2, 0.25) is 10.0 Å². The lowest BCUT2D eigenvalue weighted by Crippen LogP contribution is -2.41. The minimum atomic E-state index is -4.12. The number of fused-ring (bicyclic) bond motifs is 3. The average Bonchev–Trinajstić information content (AvgIpc) is 2.97. The van der Waals surface area contributed by atoms with Crippen molar-refractivity contribution >= 4 is 32.1 Å². The van der Waals surface area contributed by atoms with E-state index in [4.69, 9.17) is 10.1 Å². The van der Waals surface area contributed by atoms with E-state index in [1.807, 2.05) is 23.6 Å². The third kappa shape index (κ3) is 3.13. The highest BCUT2D eigenvalue weighted by Gasteiger charge is 2.27. The maximum absolute atomic E-state index is 14.4. The lowest BCUT2D eigenvalue weighted by Gasteiger charge is -2.27. The number of imidazole rings is 1. The Bertz CT molecular complexity index is 1410. The Balaban J connectivity index is 1.69. The number of primary sulfonamides is 1. The molecule has 1 fully saturated rings. The Morgan fingerprint density at radius 3 is 2.70 bits per heavy atom. The SMILES string of the molecule is Cc1ccc2c(ncc3nc(C4CNC4)n(Cc4ccc(S(N)(=O)=O)c(F)c4)c32)n1. The van der Waals surface area contributed by atoms with Crippen molar-refractivity contribution in [3.63, 3.8) is 0 Å². The fourth-order valence-corrected chi connectivity index (χ4v) is 4.40. The number of nitrogens with zero attached hydrogens (tertiary/aromatic N) is 4. The number of aromatic nitrogens is 4. The molecule has 0 atom stereocenters. The van der Waals surface area contributed by atoms with Crippen LogP contribution in [0, 0.1) is 12.7 Å². The van der Waals surface area contributed by atoms with E-state index in [-0.39, 0.29) is 5.92 Å². The lowest BCUT2D eigenvalue weighted by atomic mass is 10.0. The van der Waals surface area contributed by atoms with Crippen LogP contribution in [0.4, 0.5) is 4.39 Å². The molecular formula is C20H19FN6O2S. The van der Waals surface area contributed by atoms with Crippen LogP contribution in [0.25, 0.3) is 22.1 Å². The molecule has 0 saturated carbocycles. The summed E-state index contributed by atoms with van der Waals surface area (Å²) in [5.41, 5.74) is 3.72. The molecule has 3 aromatic heterocycles. The fraction of sp³-hybridized carbons (Fsp3) is 0.250. The molecule has 0 radical (unpaired) electrons. The molecule has 3 N–H and O–H groups in total. The molecule has 4 heterocycles. The van der Waals surface area contributed by atoms with Crippen molar-refractivity contribution in [2.24, 2.45) is 5.14 Å². The number of halogens is 1. The largest absolute Gasteiger partial charge is 0.323 e. The number of benzene rings is 1. The van der Waals surface area contributed by atoms with E-state index >= 15 is 0 Å². The molecule has 30 heavy (non-hydrogen) atoms. The minimum absolute atomic E-state index is 0.236. The number of hydrogen-bond acceptors (Lipinski definition) is 6. The van der Waals surface area contributed by atoms with E-state index in [1.54, 1.807) is 12.3 Å². The van der Waals surface area contributed by atoms with E-state index in [2.05, 4.69) is 15.3 Å². The van der Waals surface area contributed by atoms with Crippen molar-refractivity contribution in [3.05, 3.63) is 59.4 Å². The summed E-state index contributed by atoms with van der Waals surface area (Å²) >= 11 is 0. The molecule has 0 spiro atoms. The van der Waals surface area contributed by atoms with Crippen LogP contribution >= 0.6 is 0 Å². The molecule has 154 valence electrons. The number of pyridine rings is 2. The van der Waals surface area contributed by atoms with Gasteiger partial charge in [-0.3, -0.25) is 0 Å². The average molecular weight is 426 g/mol. The van der Waals surface area contributed by atoms with Gasteiger partial charge in [0.15, 0.2) is 5.65 Å². The predicted octanol–water partition coefficient (Wildman–Crippen LogP) is 1.81. The van der Waals surface area contributed by atoms with Crippen molar-refractivity contribution < 1.29 is 12.8 Å². The Morgan fingerprint density at radius 2 is 2.03 bits per heavy atom. The standard InChI is InChI=1S/C20H19FN6O2S/c1-11-2-4-14-18-16(9-24-19(14)25-11)26-20(13-7-23-8-13)27(18)10-12-3-5-17(15(21)6-12)30(22,28)29/h2-6,9,13,23H,7-8,10H2,1H3,(H2,22,28,29). The van der Waals surface area contributed by atoms with Crippen LogP contribution in [0.1, 0.15) is 23.0 Å². The smallest absolute Gasteiger partial charge is 0.240 e. The Labute approximate surface area is 172 Å². The van der Waals surface area contributed by atoms with Gasteiger partial charge in [0.25, 0.3) is 0 Å². The van der Waals surface area contributed by atoms with Gasteiger partial charge in [-0.2, -0.15) is 0 Å². The first-order valence-corrected chi connectivity index (χ1v) is 11.0. The summed E-state index contributed by atoms with van der Waals surface area (Å²) in [6.45, 7) is 3.86. The predicted molar refractivity (Wildman–Crippen MR) is 110 cm³/mol.